The van der Waals surface area contributed by atoms with Crippen molar-refractivity contribution in [2.75, 3.05) is 10.6 Å². The smallest absolute Gasteiger partial charge is 0.308 e. The lowest BCUT2D eigenvalue weighted by Gasteiger charge is -2.07. The number of Topliss-reactive ketones (excluding diaryl/α,β-unsaturated/α-hetero) is 1. The molecule has 0 saturated heterocycles. The summed E-state index contributed by atoms with van der Waals surface area (Å²) in [4.78, 5) is 35.6. The first-order valence-corrected chi connectivity index (χ1v) is 9.20. The molecule has 2 aromatic carbocycles. The summed E-state index contributed by atoms with van der Waals surface area (Å²) in [6.45, 7) is 3.24. The summed E-state index contributed by atoms with van der Waals surface area (Å²) in [6.07, 6.45) is 0. The van der Waals surface area contributed by atoms with Gasteiger partial charge in [0.05, 0.1) is 10.5 Å². The number of anilines is 2. The number of rotatable bonds is 5. The molecule has 0 unspecified atom stereocenters. The van der Waals surface area contributed by atoms with Crippen LogP contribution in [0, 0.1) is 17.0 Å². The zero-order valence-electron chi connectivity index (χ0n) is 15.2. The predicted octanol–water partition coefficient (Wildman–Crippen LogP) is 5.48. The molecule has 2 amide bonds. The van der Waals surface area contributed by atoms with Crippen LogP contribution < -0.4 is 10.6 Å². The van der Waals surface area contributed by atoms with Gasteiger partial charge in [0, 0.05) is 22.7 Å². The molecule has 0 aliphatic rings. The lowest BCUT2D eigenvalue weighted by atomic mass is 10.0. The van der Waals surface area contributed by atoms with E-state index in [2.05, 4.69) is 10.6 Å². The van der Waals surface area contributed by atoms with Gasteiger partial charge >= 0.3 is 6.03 Å². The molecule has 2 N–H and O–H groups in total. The average molecular weight is 395 g/mol. The average Bonchev–Trinajstić information content (AvgIpc) is 2.98. The summed E-state index contributed by atoms with van der Waals surface area (Å²) in [6, 6.07) is 14.6. The molecule has 0 spiro atoms. The Morgan fingerprint density at radius 3 is 2.21 bits per heavy atom. The van der Waals surface area contributed by atoms with Crippen LogP contribution in [0.4, 0.5) is 21.2 Å². The van der Waals surface area contributed by atoms with Crippen molar-refractivity contribution in [3.63, 3.8) is 0 Å². The van der Waals surface area contributed by atoms with Gasteiger partial charge in [0.2, 0.25) is 0 Å². The number of nitro benzene ring substituents is 1. The number of hydrogen-bond acceptors (Lipinski definition) is 5. The van der Waals surface area contributed by atoms with Crippen molar-refractivity contribution < 1.29 is 14.5 Å². The van der Waals surface area contributed by atoms with E-state index in [1.54, 1.807) is 43.3 Å². The Bertz CT molecular complexity index is 1040. The van der Waals surface area contributed by atoms with Crippen LogP contribution >= 0.6 is 11.3 Å². The highest BCUT2D eigenvalue weighted by Crippen LogP contribution is 2.40. The van der Waals surface area contributed by atoms with Gasteiger partial charge in [0.25, 0.3) is 5.69 Å². The zero-order valence-corrected chi connectivity index (χ0v) is 16.0. The highest BCUT2D eigenvalue weighted by molar-refractivity contribution is 7.20. The van der Waals surface area contributed by atoms with Crippen LogP contribution in [0.15, 0.2) is 54.6 Å². The molecule has 0 aliphatic carbocycles. The van der Waals surface area contributed by atoms with Crippen molar-refractivity contribution in [1.82, 2.24) is 0 Å². The molecule has 1 heterocycles. The molecule has 0 radical (unpaired) electrons. The van der Waals surface area contributed by atoms with Crippen LogP contribution in [-0.4, -0.2) is 16.7 Å². The maximum atomic E-state index is 12.3. The van der Waals surface area contributed by atoms with Crippen molar-refractivity contribution in [3.05, 3.63) is 75.8 Å². The van der Waals surface area contributed by atoms with E-state index in [1.165, 1.54) is 30.4 Å². The number of amides is 2. The number of para-hydroxylation sites is 1. The number of benzene rings is 2. The Hall–Kier alpha value is -3.52. The number of carbonyl (C=O) groups is 2. The van der Waals surface area contributed by atoms with Gasteiger partial charge in [-0.2, -0.15) is 0 Å². The van der Waals surface area contributed by atoms with Gasteiger partial charge in [-0.25, -0.2) is 4.79 Å². The Morgan fingerprint density at radius 2 is 1.64 bits per heavy atom. The minimum atomic E-state index is -0.465. The largest absolute Gasteiger partial charge is 0.324 e. The second kappa shape index (κ2) is 8.01. The number of nitrogens with zero attached hydrogens (tertiary/aromatic N) is 1. The van der Waals surface area contributed by atoms with E-state index in [0.717, 1.165) is 16.0 Å². The summed E-state index contributed by atoms with van der Waals surface area (Å²) in [5, 5.41) is 16.7. The van der Waals surface area contributed by atoms with E-state index in [4.69, 9.17) is 0 Å². The van der Waals surface area contributed by atoms with E-state index in [0.29, 0.717) is 16.3 Å². The molecule has 0 aliphatic heterocycles. The predicted molar refractivity (Wildman–Crippen MR) is 110 cm³/mol. The fraction of sp³-hybridized carbons (Fsp3) is 0.100. The highest BCUT2D eigenvalue weighted by atomic mass is 32.1. The molecule has 0 bridgehead atoms. The number of ketones is 1. The first kappa shape index (κ1) is 19.2. The third-order valence-electron chi connectivity index (χ3n) is 4.10. The lowest BCUT2D eigenvalue weighted by molar-refractivity contribution is -0.384. The number of nitrogens with one attached hydrogen (secondary N) is 2. The van der Waals surface area contributed by atoms with Gasteiger partial charge in [-0.15, -0.1) is 11.3 Å². The molecule has 1 aromatic heterocycles. The first-order chi connectivity index (χ1) is 13.4. The fourth-order valence-electron chi connectivity index (χ4n) is 2.82. The molecule has 8 heteroatoms. The SMILES string of the molecule is CC(=O)c1c(NC(=O)Nc2ccccc2)sc(-c2ccc([N+](=O)[O-])cc2)c1C. The van der Waals surface area contributed by atoms with Gasteiger partial charge < -0.3 is 5.32 Å². The van der Waals surface area contributed by atoms with Crippen LogP contribution in [0.25, 0.3) is 10.4 Å². The Labute approximate surface area is 165 Å². The normalized spacial score (nSPS) is 10.4. The third kappa shape index (κ3) is 4.07. The number of nitro groups is 1. The van der Waals surface area contributed by atoms with Crippen molar-refractivity contribution in [2.24, 2.45) is 0 Å². The molecular formula is C20H17N3O4S. The van der Waals surface area contributed by atoms with Gasteiger partial charge in [-0.3, -0.25) is 20.2 Å². The summed E-state index contributed by atoms with van der Waals surface area (Å²) in [5.41, 5.74) is 2.52. The fourth-order valence-corrected chi connectivity index (χ4v) is 4.08. The van der Waals surface area contributed by atoms with Gasteiger partial charge in [0.1, 0.15) is 5.00 Å². The molecule has 28 heavy (non-hydrogen) atoms. The first-order valence-electron chi connectivity index (χ1n) is 8.39. The maximum absolute atomic E-state index is 12.3. The van der Waals surface area contributed by atoms with E-state index in [1.807, 2.05) is 6.07 Å². The second-order valence-electron chi connectivity index (χ2n) is 6.07. The molecule has 142 valence electrons. The molecular weight excluding hydrogens is 378 g/mol. The van der Waals surface area contributed by atoms with Crippen LogP contribution in [-0.2, 0) is 0 Å². The van der Waals surface area contributed by atoms with Gasteiger partial charge in [-0.05, 0) is 49.2 Å². The van der Waals surface area contributed by atoms with E-state index >= 15 is 0 Å². The number of non-ortho nitro benzene ring substituents is 1. The summed E-state index contributed by atoms with van der Waals surface area (Å²) in [7, 11) is 0. The minimum absolute atomic E-state index is 0.00895. The van der Waals surface area contributed by atoms with Crippen LogP contribution in [0.5, 0.6) is 0 Å². The van der Waals surface area contributed by atoms with Gasteiger partial charge in [0.15, 0.2) is 5.78 Å². The number of urea groups is 1. The van der Waals surface area contributed by atoms with Crippen molar-refractivity contribution >= 4 is 39.5 Å². The molecule has 0 atom stereocenters. The molecule has 3 rings (SSSR count). The van der Waals surface area contributed by atoms with E-state index in [-0.39, 0.29) is 11.5 Å². The Kier molecular flexibility index (Phi) is 5.51. The summed E-state index contributed by atoms with van der Waals surface area (Å²) < 4.78 is 0. The molecule has 0 fully saturated rings. The van der Waals surface area contributed by atoms with Crippen molar-refractivity contribution in [3.8, 4) is 10.4 Å². The quantitative estimate of drug-likeness (QED) is 0.339. The third-order valence-corrected chi connectivity index (χ3v) is 5.35. The van der Waals surface area contributed by atoms with E-state index < -0.39 is 11.0 Å². The molecule has 3 aromatic rings. The Balaban J connectivity index is 1.91. The van der Waals surface area contributed by atoms with Crippen molar-refractivity contribution in [2.45, 2.75) is 13.8 Å². The Morgan fingerprint density at radius 1 is 1.00 bits per heavy atom. The summed E-state index contributed by atoms with van der Waals surface area (Å²) in [5.74, 6) is -0.170. The number of carbonyl (C=O) groups excluding carboxylic acids is 2. The monoisotopic (exact) mass is 395 g/mol. The van der Waals surface area contributed by atoms with Gasteiger partial charge in [-0.1, -0.05) is 18.2 Å². The minimum Gasteiger partial charge on any atom is -0.308 e. The summed E-state index contributed by atoms with van der Waals surface area (Å²) >= 11 is 1.26. The van der Waals surface area contributed by atoms with Crippen molar-refractivity contribution in [1.29, 1.82) is 0 Å². The van der Waals surface area contributed by atoms with Crippen LogP contribution in [0.3, 0.4) is 0 Å². The second-order valence-corrected chi connectivity index (χ2v) is 7.09. The highest BCUT2D eigenvalue weighted by Gasteiger charge is 2.21. The van der Waals surface area contributed by atoms with Crippen LogP contribution in [0.2, 0.25) is 0 Å². The molecule has 0 saturated carbocycles. The van der Waals surface area contributed by atoms with Crippen LogP contribution in [0.1, 0.15) is 22.8 Å². The standard InChI is InChI=1S/C20H17N3O4S/c1-12-17(13(2)24)19(22-20(25)21-15-6-4-3-5-7-15)28-18(12)14-8-10-16(11-9-14)23(26)27/h3-11H,1-2H3,(H2,21,22,25). The topological polar surface area (TPSA) is 101 Å². The van der Waals surface area contributed by atoms with E-state index in [9.17, 15) is 19.7 Å². The molecule has 7 nitrogen and oxygen atoms in total. The lowest BCUT2D eigenvalue weighted by Crippen LogP contribution is -2.19. The number of hydrogen-bond donors (Lipinski definition) is 2. The maximum Gasteiger partial charge on any atom is 0.324 e. The zero-order chi connectivity index (χ0) is 20.3. The number of thiophene rings is 1.